The molecular weight excluding hydrogens is 351 g/mol. The summed E-state index contributed by atoms with van der Waals surface area (Å²) in [6.07, 6.45) is 3.19. The lowest BCUT2D eigenvalue weighted by Gasteiger charge is -1.94. The van der Waals surface area contributed by atoms with Crippen LogP contribution in [0.5, 0.6) is 11.5 Å². The lowest BCUT2D eigenvalue weighted by atomic mass is 10.1. The fourth-order valence-electron chi connectivity index (χ4n) is 2.38. The van der Waals surface area contributed by atoms with Gasteiger partial charge in [0.15, 0.2) is 17.3 Å². The number of hydrogen-bond acceptors (Lipinski definition) is 4. The molecule has 2 aromatic carbocycles. The molecule has 0 fully saturated rings. The molecule has 0 saturated heterocycles. The van der Waals surface area contributed by atoms with Crippen molar-refractivity contribution in [2.75, 3.05) is 6.79 Å². The normalized spacial score (nSPS) is 12.5. The molecule has 4 nitrogen and oxygen atoms in total. The van der Waals surface area contributed by atoms with Gasteiger partial charge >= 0.3 is 0 Å². The highest BCUT2D eigenvalue weighted by Crippen LogP contribution is 2.37. The number of ketones is 1. The van der Waals surface area contributed by atoms with E-state index in [0.29, 0.717) is 22.1 Å². The molecule has 6 heteroatoms. The van der Waals surface area contributed by atoms with E-state index >= 15 is 0 Å². The first-order chi connectivity index (χ1) is 11.2. The highest BCUT2D eigenvalue weighted by molar-refractivity contribution is 6.30. The van der Waals surface area contributed by atoms with E-state index in [9.17, 15) is 4.79 Å². The fraction of sp³-hybridized carbons (Fsp3) is 0.0556. The second-order valence-corrected chi connectivity index (χ2v) is 5.54. The van der Waals surface area contributed by atoms with E-state index in [0.717, 1.165) is 10.9 Å². The second-order valence-electron chi connectivity index (χ2n) is 5.10. The molecule has 0 radical (unpaired) electrons. The molecule has 0 atom stereocenters. The molecule has 3 aromatic rings. The minimum absolute atomic E-state index is 0. The van der Waals surface area contributed by atoms with E-state index < -0.39 is 0 Å². The van der Waals surface area contributed by atoms with E-state index in [-0.39, 0.29) is 30.7 Å². The van der Waals surface area contributed by atoms with Crippen LogP contribution in [0.15, 0.2) is 53.0 Å². The lowest BCUT2D eigenvalue weighted by Crippen LogP contribution is -1.93. The van der Waals surface area contributed by atoms with Crippen molar-refractivity contribution in [3.05, 3.63) is 64.9 Å². The first kappa shape index (κ1) is 16.4. The Bertz CT molecular complexity index is 885. The maximum absolute atomic E-state index is 12.2. The Kier molecular flexibility index (Phi) is 4.51. The Balaban J connectivity index is 0.00000169. The van der Waals surface area contributed by atoms with Gasteiger partial charge in [0.1, 0.15) is 5.58 Å². The number of ether oxygens (including phenoxy) is 2. The standard InChI is InChI=1S/C18H11ClO4.ClH/c19-13-4-1-11(2-5-13)3-6-14(20)16-7-12-8-17-18(22-10-21-17)9-15(12)23-16;/h1-9H,10H2;1H. The van der Waals surface area contributed by atoms with E-state index in [4.69, 9.17) is 25.5 Å². The number of furan rings is 1. The van der Waals surface area contributed by atoms with Gasteiger partial charge in [-0.05, 0) is 35.9 Å². The van der Waals surface area contributed by atoms with Crippen molar-refractivity contribution in [2.24, 2.45) is 0 Å². The van der Waals surface area contributed by atoms with Gasteiger partial charge < -0.3 is 13.9 Å². The van der Waals surface area contributed by atoms with Crippen LogP contribution in [-0.2, 0) is 0 Å². The molecular formula is C18H12Cl2O4. The molecule has 4 rings (SSSR count). The number of benzene rings is 2. The molecule has 1 aliphatic heterocycles. The molecule has 24 heavy (non-hydrogen) atoms. The van der Waals surface area contributed by atoms with E-state index in [1.165, 1.54) is 6.08 Å². The van der Waals surface area contributed by atoms with Crippen molar-refractivity contribution in [3.8, 4) is 11.5 Å². The van der Waals surface area contributed by atoms with Gasteiger partial charge in [-0.15, -0.1) is 12.4 Å². The first-order valence-electron chi connectivity index (χ1n) is 7.00. The fourth-order valence-corrected chi connectivity index (χ4v) is 2.50. The lowest BCUT2D eigenvalue weighted by molar-refractivity contribution is 0.102. The zero-order valence-corrected chi connectivity index (χ0v) is 13.9. The van der Waals surface area contributed by atoms with Crippen LogP contribution in [0.3, 0.4) is 0 Å². The average Bonchev–Trinajstić information content (AvgIpc) is 3.17. The summed E-state index contributed by atoms with van der Waals surface area (Å²) >= 11 is 5.83. The molecule has 0 N–H and O–H groups in total. The molecule has 0 saturated carbocycles. The van der Waals surface area contributed by atoms with Crippen molar-refractivity contribution in [2.45, 2.75) is 0 Å². The zero-order chi connectivity index (χ0) is 15.8. The van der Waals surface area contributed by atoms with Crippen LogP contribution in [-0.4, -0.2) is 12.6 Å². The smallest absolute Gasteiger partial charge is 0.231 e. The van der Waals surface area contributed by atoms with Gasteiger partial charge in [-0.2, -0.15) is 0 Å². The van der Waals surface area contributed by atoms with Gasteiger partial charge in [0.2, 0.25) is 12.6 Å². The van der Waals surface area contributed by atoms with Gasteiger partial charge in [-0.25, -0.2) is 0 Å². The van der Waals surface area contributed by atoms with Crippen molar-refractivity contribution in [3.63, 3.8) is 0 Å². The van der Waals surface area contributed by atoms with Gasteiger partial charge in [0, 0.05) is 16.5 Å². The molecule has 0 amide bonds. The van der Waals surface area contributed by atoms with Gasteiger partial charge in [0.25, 0.3) is 0 Å². The summed E-state index contributed by atoms with van der Waals surface area (Å²) in [4.78, 5) is 12.2. The molecule has 0 aliphatic carbocycles. The summed E-state index contributed by atoms with van der Waals surface area (Å²) in [7, 11) is 0. The van der Waals surface area contributed by atoms with Crippen LogP contribution in [0.25, 0.3) is 17.0 Å². The minimum atomic E-state index is -0.210. The second kappa shape index (κ2) is 6.59. The van der Waals surface area contributed by atoms with Crippen molar-refractivity contribution < 1.29 is 18.7 Å². The number of halogens is 2. The molecule has 2 heterocycles. The monoisotopic (exact) mass is 362 g/mol. The Labute approximate surface area is 149 Å². The minimum Gasteiger partial charge on any atom is -0.454 e. The third kappa shape index (κ3) is 3.11. The molecule has 0 unspecified atom stereocenters. The van der Waals surface area contributed by atoms with Crippen LogP contribution in [0.2, 0.25) is 5.02 Å². The third-order valence-corrected chi connectivity index (χ3v) is 3.80. The van der Waals surface area contributed by atoms with Crippen molar-refractivity contribution in [1.29, 1.82) is 0 Å². The molecule has 122 valence electrons. The summed E-state index contributed by atoms with van der Waals surface area (Å²) in [5.74, 6) is 1.35. The predicted molar refractivity (Wildman–Crippen MR) is 94.4 cm³/mol. The van der Waals surface area contributed by atoms with Crippen molar-refractivity contribution >= 4 is 46.8 Å². The summed E-state index contributed by atoms with van der Waals surface area (Å²) in [6.45, 7) is 0.206. The van der Waals surface area contributed by atoms with Gasteiger partial charge in [-0.3, -0.25) is 4.79 Å². The summed E-state index contributed by atoms with van der Waals surface area (Å²) in [5, 5.41) is 1.46. The van der Waals surface area contributed by atoms with E-state index in [1.807, 2.05) is 12.1 Å². The average molecular weight is 363 g/mol. The van der Waals surface area contributed by atoms with Crippen LogP contribution >= 0.6 is 24.0 Å². The largest absolute Gasteiger partial charge is 0.454 e. The highest BCUT2D eigenvalue weighted by atomic mass is 35.5. The molecule has 0 spiro atoms. The number of hydrogen-bond donors (Lipinski definition) is 0. The maximum Gasteiger partial charge on any atom is 0.231 e. The third-order valence-electron chi connectivity index (χ3n) is 3.55. The molecule has 1 aromatic heterocycles. The number of carbonyl (C=O) groups excluding carboxylic acids is 1. The molecule has 1 aliphatic rings. The Morgan fingerprint density at radius 3 is 2.50 bits per heavy atom. The first-order valence-corrected chi connectivity index (χ1v) is 7.38. The van der Waals surface area contributed by atoms with Gasteiger partial charge in [0.05, 0.1) is 0 Å². The quantitative estimate of drug-likeness (QED) is 0.478. The Morgan fingerprint density at radius 1 is 1.04 bits per heavy atom. The van der Waals surface area contributed by atoms with Crippen LogP contribution in [0.1, 0.15) is 16.1 Å². The predicted octanol–water partition coefficient (Wildman–Crippen LogP) is 5.13. The Hall–Kier alpha value is -2.43. The van der Waals surface area contributed by atoms with Gasteiger partial charge in [-0.1, -0.05) is 29.8 Å². The summed E-state index contributed by atoms with van der Waals surface area (Å²) < 4.78 is 16.2. The zero-order valence-electron chi connectivity index (χ0n) is 12.3. The van der Waals surface area contributed by atoms with Crippen LogP contribution in [0, 0.1) is 0 Å². The number of allylic oxidation sites excluding steroid dienone is 1. The van der Waals surface area contributed by atoms with Crippen LogP contribution < -0.4 is 9.47 Å². The number of fused-ring (bicyclic) bond motifs is 2. The number of rotatable bonds is 3. The highest BCUT2D eigenvalue weighted by Gasteiger charge is 2.17. The molecule has 0 bridgehead atoms. The number of carbonyl (C=O) groups is 1. The van der Waals surface area contributed by atoms with Crippen molar-refractivity contribution in [1.82, 2.24) is 0 Å². The maximum atomic E-state index is 12.2. The van der Waals surface area contributed by atoms with E-state index in [1.54, 1.807) is 36.4 Å². The Morgan fingerprint density at radius 2 is 1.75 bits per heavy atom. The summed E-state index contributed by atoms with van der Waals surface area (Å²) in [6, 6.07) is 12.5. The van der Waals surface area contributed by atoms with Crippen LogP contribution in [0.4, 0.5) is 0 Å². The topological polar surface area (TPSA) is 48.7 Å². The SMILES string of the molecule is Cl.O=C(C=Cc1ccc(Cl)cc1)c1cc2cc3c(cc2o1)OCO3. The summed E-state index contributed by atoms with van der Waals surface area (Å²) in [5.41, 5.74) is 1.48. The van der Waals surface area contributed by atoms with E-state index in [2.05, 4.69) is 0 Å².